The lowest BCUT2D eigenvalue weighted by atomic mass is 10.0. The van der Waals surface area contributed by atoms with Crippen LogP contribution < -0.4 is 5.32 Å². The lowest BCUT2D eigenvalue weighted by molar-refractivity contribution is 0.0315. The van der Waals surface area contributed by atoms with Crippen molar-refractivity contribution in [2.24, 2.45) is 0 Å². The van der Waals surface area contributed by atoms with Gasteiger partial charge in [0.25, 0.3) is 0 Å². The monoisotopic (exact) mass is 297 g/mol. The van der Waals surface area contributed by atoms with E-state index in [-0.39, 0.29) is 10.9 Å². The summed E-state index contributed by atoms with van der Waals surface area (Å²) >= 11 is 7.61. The fourth-order valence-electron chi connectivity index (χ4n) is 2.40. The number of halogens is 1. The van der Waals surface area contributed by atoms with Gasteiger partial charge in [0.2, 0.25) is 5.28 Å². The van der Waals surface area contributed by atoms with E-state index in [4.69, 9.17) is 16.3 Å². The van der Waals surface area contributed by atoms with Crippen LogP contribution in [0.4, 0.5) is 5.82 Å². The first-order valence-electron chi connectivity index (χ1n) is 6.37. The van der Waals surface area contributed by atoms with Gasteiger partial charge in [-0.3, -0.25) is 0 Å². The number of thiophene rings is 1. The molecule has 0 aromatic carbocycles. The molecule has 0 spiro atoms. The largest absolute Gasteiger partial charge is 0.373 e. The molecular weight excluding hydrogens is 282 g/mol. The van der Waals surface area contributed by atoms with Gasteiger partial charge in [0.05, 0.1) is 11.0 Å². The molecule has 4 nitrogen and oxygen atoms in total. The molecule has 1 N–H and O–H groups in total. The number of rotatable bonds is 3. The van der Waals surface area contributed by atoms with E-state index in [2.05, 4.69) is 35.2 Å². The molecule has 0 bridgehead atoms. The SMILES string of the molecule is Cc1cc2c(NCC3(C)CCCO3)nc(Cl)nc2s1. The smallest absolute Gasteiger partial charge is 0.225 e. The van der Waals surface area contributed by atoms with Gasteiger partial charge < -0.3 is 10.1 Å². The first kappa shape index (κ1) is 13.1. The van der Waals surface area contributed by atoms with Gasteiger partial charge in [-0.15, -0.1) is 11.3 Å². The standard InChI is InChI=1S/C13H16ClN3OS/c1-8-6-9-10(16-12(14)17-11(9)19-8)15-7-13(2)4-3-5-18-13/h6H,3-5,7H2,1-2H3,(H,15,16,17). The summed E-state index contributed by atoms with van der Waals surface area (Å²) in [6.45, 7) is 5.78. The van der Waals surface area contributed by atoms with Crippen molar-refractivity contribution in [1.29, 1.82) is 0 Å². The van der Waals surface area contributed by atoms with Crippen LogP contribution in [0.15, 0.2) is 6.07 Å². The maximum atomic E-state index is 5.98. The highest BCUT2D eigenvalue weighted by Crippen LogP contribution is 2.31. The van der Waals surface area contributed by atoms with Crippen molar-refractivity contribution in [3.05, 3.63) is 16.2 Å². The molecule has 6 heteroatoms. The Hall–Kier alpha value is -0.910. The molecule has 0 saturated carbocycles. The van der Waals surface area contributed by atoms with Gasteiger partial charge >= 0.3 is 0 Å². The number of hydrogen-bond donors (Lipinski definition) is 1. The summed E-state index contributed by atoms with van der Waals surface area (Å²) < 4.78 is 5.77. The predicted molar refractivity (Wildman–Crippen MR) is 79.2 cm³/mol. The highest BCUT2D eigenvalue weighted by Gasteiger charge is 2.29. The summed E-state index contributed by atoms with van der Waals surface area (Å²) in [5.41, 5.74) is -0.102. The molecule has 1 saturated heterocycles. The normalized spacial score (nSPS) is 23.1. The van der Waals surface area contributed by atoms with E-state index in [0.29, 0.717) is 0 Å². The van der Waals surface area contributed by atoms with Crippen molar-refractivity contribution in [2.45, 2.75) is 32.3 Å². The van der Waals surface area contributed by atoms with Crippen molar-refractivity contribution in [3.63, 3.8) is 0 Å². The van der Waals surface area contributed by atoms with Gasteiger partial charge in [-0.05, 0) is 44.4 Å². The Bertz CT molecular complexity index is 607. The second kappa shape index (κ2) is 4.89. The van der Waals surface area contributed by atoms with Crippen molar-refractivity contribution in [3.8, 4) is 0 Å². The second-order valence-electron chi connectivity index (χ2n) is 5.17. The number of aryl methyl sites for hydroxylation is 1. The van der Waals surface area contributed by atoms with Gasteiger partial charge in [0.1, 0.15) is 10.6 Å². The highest BCUT2D eigenvalue weighted by atomic mass is 35.5. The molecule has 0 aliphatic carbocycles. The molecular formula is C13H16ClN3OS. The molecule has 3 heterocycles. The highest BCUT2D eigenvalue weighted by molar-refractivity contribution is 7.18. The van der Waals surface area contributed by atoms with E-state index in [0.717, 1.165) is 42.0 Å². The minimum Gasteiger partial charge on any atom is -0.373 e. The molecule has 3 rings (SSSR count). The van der Waals surface area contributed by atoms with E-state index < -0.39 is 0 Å². The van der Waals surface area contributed by atoms with E-state index >= 15 is 0 Å². The zero-order valence-corrected chi connectivity index (χ0v) is 12.6. The predicted octanol–water partition coefficient (Wildman–Crippen LogP) is 3.63. The Balaban J connectivity index is 1.87. The number of ether oxygens (including phenoxy) is 1. The Labute approximate surface area is 121 Å². The molecule has 0 amide bonds. The van der Waals surface area contributed by atoms with E-state index in [1.807, 2.05) is 0 Å². The molecule has 1 atom stereocenters. The number of anilines is 1. The number of hydrogen-bond acceptors (Lipinski definition) is 5. The average molecular weight is 298 g/mol. The molecule has 1 aliphatic heterocycles. The summed E-state index contributed by atoms with van der Waals surface area (Å²) in [5, 5.41) is 4.69. The quantitative estimate of drug-likeness (QED) is 0.879. The Kier molecular flexibility index (Phi) is 3.37. The molecule has 1 aliphatic rings. The zero-order chi connectivity index (χ0) is 13.5. The van der Waals surface area contributed by atoms with Crippen molar-refractivity contribution in [1.82, 2.24) is 9.97 Å². The third-order valence-corrected chi connectivity index (χ3v) is 4.53. The average Bonchev–Trinajstić information content (AvgIpc) is 2.92. The van der Waals surface area contributed by atoms with Crippen molar-refractivity contribution < 1.29 is 4.74 Å². The first-order valence-corrected chi connectivity index (χ1v) is 7.57. The minimum absolute atomic E-state index is 0.102. The molecule has 1 fully saturated rings. The number of nitrogens with zero attached hydrogens (tertiary/aromatic N) is 2. The van der Waals surface area contributed by atoms with E-state index in [9.17, 15) is 0 Å². The summed E-state index contributed by atoms with van der Waals surface area (Å²) in [7, 11) is 0. The third kappa shape index (κ3) is 2.68. The van der Waals surface area contributed by atoms with Crippen LogP contribution in [0.3, 0.4) is 0 Å². The topological polar surface area (TPSA) is 47.0 Å². The molecule has 2 aromatic heterocycles. The summed E-state index contributed by atoms with van der Waals surface area (Å²) in [6, 6.07) is 2.09. The van der Waals surface area contributed by atoms with Crippen LogP contribution in [0, 0.1) is 6.92 Å². The molecule has 19 heavy (non-hydrogen) atoms. The van der Waals surface area contributed by atoms with Gasteiger partial charge in [0, 0.05) is 18.0 Å². The Morgan fingerprint density at radius 2 is 2.37 bits per heavy atom. The van der Waals surface area contributed by atoms with Crippen LogP contribution >= 0.6 is 22.9 Å². The van der Waals surface area contributed by atoms with Crippen molar-refractivity contribution >= 4 is 39.0 Å². The fraction of sp³-hybridized carbons (Fsp3) is 0.538. The number of nitrogens with one attached hydrogen (secondary N) is 1. The molecule has 2 aromatic rings. The number of aromatic nitrogens is 2. The van der Waals surface area contributed by atoms with Crippen LogP contribution in [-0.4, -0.2) is 28.7 Å². The Morgan fingerprint density at radius 1 is 1.53 bits per heavy atom. The van der Waals surface area contributed by atoms with E-state index in [1.165, 1.54) is 4.88 Å². The number of fused-ring (bicyclic) bond motifs is 1. The minimum atomic E-state index is -0.102. The second-order valence-corrected chi connectivity index (χ2v) is 6.75. The maximum Gasteiger partial charge on any atom is 0.225 e. The lowest BCUT2D eigenvalue weighted by Crippen LogP contribution is -2.32. The van der Waals surface area contributed by atoms with Crippen LogP contribution in [-0.2, 0) is 4.74 Å². The van der Waals surface area contributed by atoms with Crippen LogP contribution in [0.5, 0.6) is 0 Å². The third-order valence-electron chi connectivity index (χ3n) is 3.42. The summed E-state index contributed by atoms with van der Waals surface area (Å²) in [4.78, 5) is 10.7. The van der Waals surface area contributed by atoms with Crippen LogP contribution in [0.2, 0.25) is 5.28 Å². The molecule has 0 radical (unpaired) electrons. The van der Waals surface area contributed by atoms with Crippen molar-refractivity contribution in [2.75, 3.05) is 18.5 Å². The van der Waals surface area contributed by atoms with Gasteiger partial charge in [-0.1, -0.05) is 0 Å². The Morgan fingerprint density at radius 3 is 3.11 bits per heavy atom. The van der Waals surface area contributed by atoms with Gasteiger partial charge in [-0.25, -0.2) is 9.97 Å². The molecule has 102 valence electrons. The van der Waals surface area contributed by atoms with Crippen LogP contribution in [0.1, 0.15) is 24.6 Å². The fourth-order valence-corrected chi connectivity index (χ4v) is 3.50. The first-order chi connectivity index (χ1) is 9.06. The van der Waals surface area contributed by atoms with Gasteiger partial charge in [0.15, 0.2) is 0 Å². The zero-order valence-electron chi connectivity index (χ0n) is 11.0. The van der Waals surface area contributed by atoms with Gasteiger partial charge in [-0.2, -0.15) is 0 Å². The summed E-state index contributed by atoms with van der Waals surface area (Å²) in [5.74, 6) is 0.802. The maximum absolute atomic E-state index is 5.98. The summed E-state index contributed by atoms with van der Waals surface area (Å²) in [6.07, 6.45) is 2.19. The lowest BCUT2D eigenvalue weighted by Gasteiger charge is -2.23. The molecule has 1 unspecified atom stereocenters. The van der Waals surface area contributed by atoms with Crippen LogP contribution in [0.25, 0.3) is 10.2 Å². The van der Waals surface area contributed by atoms with E-state index in [1.54, 1.807) is 11.3 Å².